The van der Waals surface area contributed by atoms with Crippen molar-refractivity contribution in [2.45, 2.75) is 0 Å². The van der Waals surface area contributed by atoms with E-state index in [2.05, 4.69) is 5.32 Å². The number of anilines is 2. The third-order valence-corrected chi connectivity index (χ3v) is 4.40. The molecule has 0 saturated heterocycles. The molecule has 1 aliphatic rings. The van der Waals surface area contributed by atoms with E-state index < -0.39 is 11.8 Å². The highest BCUT2D eigenvalue weighted by atomic mass is 35.5. The number of carbonyl (C=O) groups excluding carboxylic acids is 2. The smallest absolute Gasteiger partial charge is 0.283 e. The number of carbonyl (C=O) groups is 2. The summed E-state index contributed by atoms with van der Waals surface area (Å²) in [6.45, 7) is 0. The van der Waals surface area contributed by atoms with Crippen LogP contribution in [-0.2, 0) is 9.59 Å². The third-order valence-electron chi connectivity index (χ3n) is 3.51. The summed E-state index contributed by atoms with van der Waals surface area (Å²) in [6.07, 6.45) is 0. The molecular formula is C17H11Cl3N2O3. The Morgan fingerprint density at radius 3 is 2.40 bits per heavy atom. The van der Waals surface area contributed by atoms with Gasteiger partial charge in [0.1, 0.15) is 16.5 Å². The lowest BCUT2D eigenvalue weighted by Crippen LogP contribution is -2.32. The molecule has 2 aromatic carbocycles. The minimum Gasteiger partial charge on any atom is -0.495 e. The molecule has 1 aliphatic heterocycles. The Balaban J connectivity index is 1.91. The molecule has 8 heteroatoms. The van der Waals surface area contributed by atoms with Crippen molar-refractivity contribution >= 4 is 58.0 Å². The minimum atomic E-state index is -0.629. The largest absolute Gasteiger partial charge is 0.495 e. The predicted octanol–water partition coefficient (Wildman–Crippen LogP) is 4.44. The predicted molar refractivity (Wildman–Crippen MR) is 98.5 cm³/mol. The van der Waals surface area contributed by atoms with Crippen LogP contribution >= 0.6 is 34.8 Å². The summed E-state index contributed by atoms with van der Waals surface area (Å²) in [7, 11) is 1.50. The van der Waals surface area contributed by atoms with E-state index in [1.54, 1.807) is 36.4 Å². The Kier molecular flexibility index (Phi) is 4.90. The van der Waals surface area contributed by atoms with Gasteiger partial charge in [-0.3, -0.25) is 9.59 Å². The normalized spacial score (nSPS) is 14.3. The van der Waals surface area contributed by atoms with Crippen LogP contribution in [0.2, 0.25) is 10.0 Å². The van der Waals surface area contributed by atoms with Gasteiger partial charge in [-0.2, -0.15) is 0 Å². The monoisotopic (exact) mass is 396 g/mol. The van der Waals surface area contributed by atoms with E-state index in [0.717, 1.165) is 4.90 Å². The lowest BCUT2D eigenvalue weighted by atomic mass is 10.2. The Morgan fingerprint density at radius 1 is 1.00 bits per heavy atom. The van der Waals surface area contributed by atoms with Crippen LogP contribution in [0, 0.1) is 0 Å². The first-order chi connectivity index (χ1) is 11.9. The number of imide groups is 1. The number of nitrogens with zero attached hydrogens (tertiary/aromatic N) is 1. The molecule has 0 bridgehead atoms. The van der Waals surface area contributed by atoms with E-state index >= 15 is 0 Å². The van der Waals surface area contributed by atoms with Crippen LogP contribution in [0.4, 0.5) is 11.4 Å². The maximum atomic E-state index is 12.6. The van der Waals surface area contributed by atoms with Gasteiger partial charge in [0.25, 0.3) is 11.8 Å². The number of halogens is 3. The molecule has 2 amide bonds. The average Bonchev–Trinajstić information content (AvgIpc) is 2.79. The second-order valence-electron chi connectivity index (χ2n) is 5.09. The van der Waals surface area contributed by atoms with Crippen molar-refractivity contribution < 1.29 is 14.3 Å². The number of rotatable bonds is 4. The van der Waals surface area contributed by atoms with E-state index in [9.17, 15) is 9.59 Å². The van der Waals surface area contributed by atoms with E-state index in [1.807, 2.05) is 0 Å². The Bertz CT molecular complexity index is 912. The summed E-state index contributed by atoms with van der Waals surface area (Å²) in [5, 5.41) is 3.38. The minimum absolute atomic E-state index is 0.0344. The van der Waals surface area contributed by atoms with Gasteiger partial charge in [0.15, 0.2) is 0 Å². The number of benzene rings is 2. The van der Waals surface area contributed by atoms with E-state index in [4.69, 9.17) is 39.5 Å². The molecule has 0 aliphatic carbocycles. The summed E-state index contributed by atoms with van der Waals surface area (Å²) in [6, 6.07) is 11.2. The number of amides is 2. The molecule has 1 N–H and O–H groups in total. The Labute approximate surface area is 158 Å². The third kappa shape index (κ3) is 3.31. The zero-order valence-electron chi connectivity index (χ0n) is 12.8. The first-order valence-electron chi connectivity index (χ1n) is 7.07. The number of methoxy groups -OCH3 is 1. The summed E-state index contributed by atoms with van der Waals surface area (Å²) in [5.74, 6) is -0.720. The Hall–Kier alpha value is -2.21. The first kappa shape index (κ1) is 17.6. The standard InChI is InChI=1S/C17H11Cl3N2O3/c1-25-13-6-5-10(8-12(13)19)21-15-14(20)16(23)22(17(15)24)11-4-2-3-9(18)7-11/h2-8,21H,1H3. The van der Waals surface area contributed by atoms with E-state index in [0.29, 0.717) is 27.2 Å². The molecular weight excluding hydrogens is 387 g/mol. The summed E-state index contributed by atoms with van der Waals surface area (Å²) >= 11 is 18.1. The van der Waals surface area contributed by atoms with Gasteiger partial charge in [0.2, 0.25) is 0 Å². The van der Waals surface area contributed by atoms with E-state index in [1.165, 1.54) is 13.2 Å². The van der Waals surface area contributed by atoms with Crippen LogP contribution in [0.1, 0.15) is 0 Å². The molecule has 2 aromatic rings. The van der Waals surface area contributed by atoms with Crippen LogP contribution in [0.15, 0.2) is 53.2 Å². The molecule has 25 heavy (non-hydrogen) atoms. The fourth-order valence-corrected chi connectivity index (χ4v) is 3.00. The Morgan fingerprint density at radius 2 is 1.76 bits per heavy atom. The SMILES string of the molecule is COc1ccc(NC2=C(Cl)C(=O)N(c3cccc(Cl)c3)C2=O)cc1Cl. The van der Waals surface area contributed by atoms with Crippen molar-refractivity contribution in [3.05, 3.63) is 63.2 Å². The zero-order valence-corrected chi connectivity index (χ0v) is 15.1. The van der Waals surface area contributed by atoms with Crippen molar-refractivity contribution in [2.24, 2.45) is 0 Å². The van der Waals surface area contributed by atoms with Crippen molar-refractivity contribution in [3.63, 3.8) is 0 Å². The molecule has 5 nitrogen and oxygen atoms in total. The van der Waals surface area contributed by atoms with Gasteiger partial charge in [-0.15, -0.1) is 0 Å². The van der Waals surface area contributed by atoms with E-state index in [-0.39, 0.29) is 10.7 Å². The van der Waals surface area contributed by atoms with Crippen molar-refractivity contribution in [3.8, 4) is 5.75 Å². The van der Waals surface area contributed by atoms with Gasteiger partial charge in [0.05, 0.1) is 17.8 Å². The molecule has 0 spiro atoms. The van der Waals surface area contributed by atoms with Crippen LogP contribution in [-0.4, -0.2) is 18.9 Å². The number of hydrogen-bond donors (Lipinski definition) is 1. The number of nitrogens with one attached hydrogen (secondary N) is 1. The lowest BCUT2D eigenvalue weighted by molar-refractivity contribution is -0.120. The molecule has 0 unspecified atom stereocenters. The van der Waals surface area contributed by atoms with Gasteiger partial charge >= 0.3 is 0 Å². The molecule has 1 heterocycles. The average molecular weight is 398 g/mol. The van der Waals surface area contributed by atoms with Gasteiger partial charge in [-0.25, -0.2) is 4.90 Å². The van der Waals surface area contributed by atoms with Gasteiger partial charge in [-0.05, 0) is 36.4 Å². The van der Waals surface area contributed by atoms with Gasteiger partial charge in [-0.1, -0.05) is 40.9 Å². The molecule has 0 radical (unpaired) electrons. The van der Waals surface area contributed by atoms with Crippen molar-refractivity contribution in [1.29, 1.82) is 0 Å². The van der Waals surface area contributed by atoms with Crippen LogP contribution in [0.3, 0.4) is 0 Å². The maximum absolute atomic E-state index is 12.6. The van der Waals surface area contributed by atoms with Crippen LogP contribution in [0.25, 0.3) is 0 Å². The zero-order chi connectivity index (χ0) is 18.1. The summed E-state index contributed by atoms with van der Waals surface area (Å²) in [5.41, 5.74) is 0.797. The van der Waals surface area contributed by atoms with Crippen molar-refractivity contribution in [1.82, 2.24) is 0 Å². The highest BCUT2D eigenvalue weighted by Gasteiger charge is 2.39. The molecule has 0 fully saturated rings. The van der Waals surface area contributed by atoms with Crippen molar-refractivity contribution in [2.75, 3.05) is 17.3 Å². The lowest BCUT2D eigenvalue weighted by Gasteiger charge is -2.15. The molecule has 3 rings (SSSR count). The molecule has 0 aromatic heterocycles. The molecule has 0 atom stereocenters. The highest BCUT2D eigenvalue weighted by molar-refractivity contribution is 6.53. The maximum Gasteiger partial charge on any atom is 0.283 e. The van der Waals surface area contributed by atoms with Crippen LogP contribution in [0.5, 0.6) is 5.75 Å². The topological polar surface area (TPSA) is 58.6 Å². The van der Waals surface area contributed by atoms with Crippen LogP contribution < -0.4 is 15.0 Å². The summed E-state index contributed by atoms with van der Waals surface area (Å²) in [4.78, 5) is 26.0. The van der Waals surface area contributed by atoms with Gasteiger partial charge in [0, 0.05) is 10.7 Å². The molecule has 128 valence electrons. The fraction of sp³-hybridized carbons (Fsp3) is 0.0588. The summed E-state index contributed by atoms with van der Waals surface area (Å²) < 4.78 is 5.08. The fourth-order valence-electron chi connectivity index (χ4n) is 2.35. The van der Waals surface area contributed by atoms with Gasteiger partial charge < -0.3 is 10.1 Å². The quantitative estimate of drug-likeness (QED) is 0.775. The number of ether oxygens (including phenoxy) is 1. The second-order valence-corrected chi connectivity index (χ2v) is 6.31. The number of hydrogen-bond acceptors (Lipinski definition) is 4. The molecule has 0 saturated carbocycles. The highest BCUT2D eigenvalue weighted by Crippen LogP contribution is 2.33. The second kappa shape index (κ2) is 6.96. The first-order valence-corrected chi connectivity index (χ1v) is 8.20.